The van der Waals surface area contributed by atoms with Gasteiger partial charge in [-0.2, -0.15) is 5.10 Å². The average molecular weight is 286 g/mol. The number of hydrogen-bond donors (Lipinski definition) is 1. The van der Waals surface area contributed by atoms with E-state index in [4.69, 9.17) is 28.3 Å². The highest BCUT2D eigenvalue weighted by atomic mass is 35.5. The van der Waals surface area contributed by atoms with Crippen LogP contribution >= 0.6 is 23.2 Å². The molecule has 2 rings (SSSR count). The molecular formula is C11H9Cl2N3O2. The largest absolute Gasteiger partial charge is 0.478 e. The third-order valence-corrected chi connectivity index (χ3v) is 3.12. The van der Waals surface area contributed by atoms with E-state index in [9.17, 15) is 4.79 Å². The van der Waals surface area contributed by atoms with Crippen LogP contribution in [0.1, 0.15) is 16.2 Å². The van der Waals surface area contributed by atoms with Crippen molar-refractivity contribution in [3.63, 3.8) is 0 Å². The van der Waals surface area contributed by atoms with Crippen molar-refractivity contribution in [2.24, 2.45) is 7.05 Å². The minimum atomic E-state index is -1.11. The van der Waals surface area contributed by atoms with E-state index in [1.165, 1.54) is 16.8 Å². The fraction of sp³-hybridized carbons (Fsp3) is 0.182. The molecule has 1 heterocycles. The SMILES string of the molecule is Cc1nc(-c2c(Cl)ccc(C(=O)O)c2Cl)n(C)n1. The monoisotopic (exact) mass is 285 g/mol. The molecule has 0 aliphatic heterocycles. The van der Waals surface area contributed by atoms with Crippen LogP contribution in [0.15, 0.2) is 12.1 Å². The fourth-order valence-corrected chi connectivity index (χ4v) is 2.27. The van der Waals surface area contributed by atoms with Gasteiger partial charge in [-0.3, -0.25) is 0 Å². The van der Waals surface area contributed by atoms with E-state index in [-0.39, 0.29) is 10.6 Å². The second-order valence-corrected chi connectivity index (χ2v) is 4.48. The smallest absolute Gasteiger partial charge is 0.337 e. The zero-order valence-electron chi connectivity index (χ0n) is 9.61. The Morgan fingerprint density at radius 1 is 1.39 bits per heavy atom. The lowest BCUT2D eigenvalue weighted by Gasteiger charge is -2.08. The number of rotatable bonds is 2. The van der Waals surface area contributed by atoms with Crippen molar-refractivity contribution in [1.29, 1.82) is 0 Å². The van der Waals surface area contributed by atoms with E-state index in [1.807, 2.05) is 0 Å². The number of aromatic carboxylic acids is 1. The van der Waals surface area contributed by atoms with Gasteiger partial charge < -0.3 is 5.11 Å². The zero-order valence-corrected chi connectivity index (χ0v) is 11.1. The van der Waals surface area contributed by atoms with Gasteiger partial charge in [0, 0.05) is 7.05 Å². The molecule has 94 valence electrons. The summed E-state index contributed by atoms with van der Waals surface area (Å²) in [4.78, 5) is 15.2. The van der Waals surface area contributed by atoms with Crippen LogP contribution in [-0.4, -0.2) is 25.8 Å². The number of aryl methyl sites for hydroxylation is 2. The van der Waals surface area contributed by atoms with Crippen molar-refractivity contribution >= 4 is 29.2 Å². The predicted molar refractivity (Wildman–Crippen MR) is 68.2 cm³/mol. The molecule has 1 aromatic carbocycles. The maximum absolute atomic E-state index is 11.0. The highest BCUT2D eigenvalue weighted by Gasteiger charge is 2.20. The van der Waals surface area contributed by atoms with Crippen LogP contribution in [0.2, 0.25) is 10.0 Å². The molecule has 0 saturated heterocycles. The highest BCUT2D eigenvalue weighted by Crippen LogP contribution is 2.35. The fourth-order valence-electron chi connectivity index (χ4n) is 1.65. The van der Waals surface area contributed by atoms with Crippen molar-refractivity contribution in [3.8, 4) is 11.4 Å². The Morgan fingerprint density at radius 3 is 2.56 bits per heavy atom. The molecule has 18 heavy (non-hydrogen) atoms. The lowest BCUT2D eigenvalue weighted by molar-refractivity contribution is 0.0697. The first-order valence-corrected chi connectivity index (χ1v) is 5.76. The molecule has 0 bridgehead atoms. The molecule has 0 aliphatic carbocycles. The van der Waals surface area contributed by atoms with Crippen LogP contribution in [0.4, 0.5) is 0 Å². The molecule has 0 radical (unpaired) electrons. The molecule has 1 N–H and O–H groups in total. The van der Waals surface area contributed by atoms with E-state index in [0.717, 1.165) is 0 Å². The highest BCUT2D eigenvalue weighted by molar-refractivity contribution is 6.40. The second-order valence-electron chi connectivity index (χ2n) is 3.70. The number of nitrogens with zero attached hydrogens (tertiary/aromatic N) is 3. The van der Waals surface area contributed by atoms with Gasteiger partial charge in [0.15, 0.2) is 5.82 Å². The minimum absolute atomic E-state index is 0.0169. The number of carbonyl (C=O) groups is 1. The molecule has 0 atom stereocenters. The number of hydrogen-bond acceptors (Lipinski definition) is 3. The summed E-state index contributed by atoms with van der Waals surface area (Å²) in [5.74, 6) is -0.122. The van der Waals surface area contributed by atoms with Crippen LogP contribution in [0.5, 0.6) is 0 Å². The Balaban J connectivity index is 2.74. The second kappa shape index (κ2) is 4.59. The number of benzene rings is 1. The van der Waals surface area contributed by atoms with Gasteiger partial charge in [-0.1, -0.05) is 23.2 Å². The number of carboxylic acids is 1. The summed E-state index contributed by atoms with van der Waals surface area (Å²) in [7, 11) is 1.69. The summed E-state index contributed by atoms with van der Waals surface area (Å²) in [6.45, 7) is 1.73. The van der Waals surface area contributed by atoms with Gasteiger partial charge in [0.2, 0.25) is 0 Å². The molecule has 0 spiro atoms. The van der Waals surface area contributed by atoms with E-state index < -0.39 is 5.97 Å². The lowest BCUT2D eigenvalue weighted by atomic mass is 10.1. The Bertz CT molecular complexity index is 637. The van der Waals surface area contributed by atoms with Crippen molar-refractivity contribution in [3.05, 3.63) is 33.6 Å². The van der Waals surface area contributed by atoms with Gasteiger partial charge in [0.05, 0.1) is 21.2 Å². The molecule has 1 aromatic heterocycles. The van der Waals surface area contributed by atoms with Gasteiger partial charge >= 0.3 is 5.97 Å². The zero-order chi connectivity index (χ0) is 13.4. The van der Waals surface area contributed by atoms with Crippen molar-refractivity contribution < 1.29 is 9.90 Å². The van der Waals surface area contributed by atoms with Crippen molar-refractivity contribution in [2.45, 2.75) is 6.92 Å². The summed E-state index contributed by atoms with van der Waals surface area (Å²) in [6, 6.07) is 2.84. The molecule has 5 nitrogen and oxygen atoms in total. The Labute approximate surface area is 113 Å². The molecule has 0 unspecified atom stereocenters. The van der Waals surface area contributed by atoms with Crippen LogP contribution < -0.4 is 0 Å². The van der Waals surface area contributed by atoms with E-state index in [0.29, 0.717) is 22.2 Å². The number of aromatic nitrogens is 3. The third-order valence-electron chi connectivity index (χ3n) is 2.41. The van der Waals surface area contributed by atoms with E-state index in [1.54, 1.807) is 14.0 Å². The first kappa shape index (κ1) is 12.9. The molecular weight excluding hydrogens is 277 g/mol. The number of halogens is 2. The van der Waals surface area contributed by atoms with E-state index in [2.05, 4.69) is 10.1 Å². The summed E-state index contributed by atoms with van der Waals surface area (Å²) in [6.07, 6.45) is 0. The molecule has 0 aliphatic rings. The van der Waals surface area contributed by atoms with E-state index >= 15 is 0 Å². The van der Waals surface area contributed by atoms with Crippen LogP contribution in [0.3, 0.4) is 0 Å². The summed E-state index contributed by atoms with van der Waals surface area (Å²) < 4.78 is 1.51. The molecule has 0 amide bonds. The normalized spacial score (nSPS) is 10.7. The summed E-state index contributed by atoms with van der Waals surface area (Å²) in [5, 5.41) is 13.5. The Kier molecular flexibility index (Phi) is 3.28. The van der Waals surface area contributed by atoms with Crippen molar-refractivity contribution in [2.75, 3.05) is 0 Å². The third kappa shape index (κ3) is 2.07. The molecule has 2 aromatic rings. The molecule has 0 fully saturated rings. The van der Waals surface area contributed by atoms with Crippen LogP contribution in [-0.2, 0) is 7.05 Å². The van der Waals surface area contributed by atoms with Gasteiger partial charge in [-0.05, 0) is 19.1 Å². The Morgan fingerprint density at radius 2 is 2.06 bits per heavy atom. The van der Waals surface area contributed by atoms with Crippen LogP contribution in [0.25, 0.3) is 11.4 Å². The van der Waals surface area contributed by atoms with Crippen molar-refractivity contribution in [1.82, 2.24) is 14.8 Å². The lowest BCUT2D eigenvalue weighted by Crippen LogP contribution is -2.01. The van der Waals surface area contributed by atoms with Gasteiger partial charge in [0.1, 0.15) is 5.82 Å². The van der Waals surface area contributed by atoms with Gasteiger partial charge in [-0.15, -0.1) is 0 Å². The summed E-state index contributed by atoms with van der Waals surface area (Å²) >= 11 is 12.1. The first-order chi connectivity index (χ1) is 8.41. The maximum atomic E-state index is 11.0. The minimum Gasteiger partial charge on any atom is -0.478 e. The average Bonchev–Trinajstić information content (AvgIpc) is 2.57. The predicted octanol–water partition coefficient (Wildman–Crippen LogP) is 2.80. The maximum Gasteiger partial charge on any atom is 0.337 e. The summed E-state index contributed by atoms with van der Waals surface area (Å²) in [5.41, 5.74) is 0.359. The first-order valence-electron chi connectivity index (χ1n) is 5.01. The standard InChI is InChI=1S/C11H9Cl2N3O2/c1-5-14-10(16(2)15-5)8-7(12)4-3-6(9(8)13)11(17)18/h3-4H,1-2H3,(H,17,18). The molecule has 7 heteroatoms. The Hall–Kier alpha value is -1.59. The quantitative estimate of drug-likeness (QED) is 0.921. The van der Waals surface area contributed by atoms with Gasteiger partial charge in [-0.25, -0.2) is 14.5 Å². The van der Waals surface area contributed by atoms with Gasteiger partial charge in [0.25, 0.3) is 0 Å². The number of carboxylic acid groups (broad SMARTS) is 1. The molecule has 0 saturated carbocycles. The van der Waals surface area contributed by atoms with Crippen LogP contribution in [0, 0.1) is 6.92 Å². The topological polar surface area (TPSA) is 68.0 Å².